The van der Waals surface area contributed by atoms with Gasteiger partial charge < -0.3 is 10.4 Å². The first-order valence-electron chi connectivity index (χ1n) is 5.42. The summed E-state index contributed by atoms with van der Waals surface area (Å²) in [4.78, 5) is 14.4. The highest BCUT2D eigenvalue weighted by Crippen LogP contribution is 2.20. The van der Waals surface area contributed by atoms with Gasteiger partial charge in [-0.2, -0.15) is 11.8 Å². The Labute approximate surface area is 110 Å². The van der Waals surface area contributed by atoms with Crippen molar-refractivity contribution in [2.75, 3.05) is 23.9 Å². The Morgan fingerprint density at radius 3 is 2.89 bits per heavy atom. The quantitative estimate of drug-likeness (QED) is 0.606. The first-order valence-corrected chi connectivity index (χ1v) is 6.81. The summed E-state index contributed by atoms with van der Waals surface area (Å²) in [5.41, 5.74) is -0.334. The third-order valence-corrected chi connectivity index (χ3v) is 3.29. The number of nitrogens with zero attached hydrogens (tertiary/aromatic N) is 2. The second kappa shape index (κ2) is 6.01. The zero-order valence-electron chi connectivity index (χ0n) is 10.6. The van der Waals surface area contributed by atoms with Crippen molar-refractivity contribution < 1.29 is 10.0 Å². The van der Waals surface area contributed by atoms with Crippen LogP contribution >= 0.6 is 11.8 Å². The molecule has 0 fully saturated rings. The van der Waals surface area contributed by atoms with Crippen LogP contribution in [-0.4, -0.2) is 39.2 Å². The molecule has 0 saturated heterocycles. The van der Waals surface area contributed by atoms with Crippen molar-refractivity contribution in [1.82, 2.24) is 4.98 Å². The third-order valence-electron chi connectivity index (χ3n) is 2.38. The molecule has 0 aliphatic rings. The summed E-state index contributed by atoms with van der Waals surface area (Å²) < 4.78 is 0. The van der Waals surface area contributed by atoms with E-state index in [1.165, 1.54) is 24.0 Å². The molecular weight excluding hydrogens is 254 g/mol. The van der Waals surface area contributed by atoms with E-state index in [4.69, 9.17) is 0 Å². The summed E-state index contributed by atoms with van der Waals surface area (Å²) in [5.74, 6) is 0.974. The number of nitro groups is 1. The molecule has 1 atom stereocenters. The second-order valence-corrected chi connectivity index (χ2v) is 5.26. The third kappa shape index (κ3) is 4.15. The molecule has 6 nitrogen and oxygen atoms in total. The number of rotatable bonds is 6. The first kappa shape index (κ1) is 14.7. The SMILES string of the molecule is CSCC(C)(O)CNc1cc([N+](=O)[O-])c(C)cn1. The molecule has 0 radical (unpaired) electrons. The van der Waals surface area contributed by atoms with E-state index in [-0.39, 0.29) is 5.69 Å². The van der Waals surface area contributed by atoms with E-state index in [2.05, 4.69) is 10.3 Å². The van der Waals surface area contributed by atoms with E-state index in [1.807, 2.05) is 6.26 Å². The maximum atomic E-state index is 10.8. The number of aromatic nitrogens is 1. The molecule has 1 unspecified atom stereocenters. The molecule has 100 valence electrons. The average Bonchev–Trinajstić information content (AvgIpc) is 2.27. The van der Waals surface area contributed by atoms with Gasteiger partial charge in [-0.15, -0.1) is 0 Å². The van der Waals surface area contributed by atoms with Gasteiger partial charge in [-0.25, -0.2) is 4.98 Å². The highest BCUT2D eigenvalue weighted by atomic mass is 32.2. The highest BCUT2D eigenvalue weighted by Gasteiger charge is 2.20. The van der Waals surface area contributed by atoms with Crippen LogP contribution in [-0.2, 0) is 0 Å². The van der Waals surface area contributed by atoms with Crippen molar-refractivity contribution in [2.45, 2.75) is 19.4 Å². The zero-order chi connectivity index (χ0) is 13.8. The Morgan fingerprint density at radius 1 is 1.67 bits per heavy atom. The van der Waals surface area contributed by atoms with E-state index >= 15 is 0 Å². The Balaban J connectivity index is 2.74. The predicted molar refractivity (Wildman–Crippen MR) is 73.1 cm³/mol. The van der Waals surface area contributed by atoms with Gasteiger partial charge in [0.1, 0.15) is 5.82 Å². The summed E-state index contributed by atoms with van der Waals surface area (Å²) in [6, 6.07) is 1.38. The van der Waals surface area contributed by atoms with Crippen LogP contribution in [0.15, 0.2) is 12.3 Å². The fourth-order valence-corrected chi connectivity index (χ4v) is 2.17. The van der Waals surface area contributed by atoms with Crippen LogP contribution < -0.4 is 5.32 Å². The minimum absolute atomic E-state index is 0.0250. The van der Waals surface area contributed by atoms with Gasteiger partial charge in [0.15, 0.2) is 0 Å². The smallest absolute Gasteiger partial charge is 0.277 e. The maximum absolute atomic E-state index is 10.8. The largest absolute Gasteiger partial charge is 0.387 e. The van der Waals surface area contributed by atoms with Gasteiger partial charge in [0.25, 0.3) is 5.69 Å². The molecule has 0 spiro atoms. The standard InChI is InChI=1S/C11H17N3O3S/c1-8-5-12-10(4-9(8)14(16)17)13-6-11(2,15)7-18-3/h4-5,15H,6-7H2,1-3H3,(H,12,13). The number of anilines is 1. The molecule has 7 heteroatoms. The van der Waals surface area contributed by atoms with Gasteiger partial charge >= 0.3 is 0 Å². The number of aliphatic hydroxyl groups is 1. The molecule has 1 rings (SSSR count). The molecule has 1 aromatic rings. The fraction of sp³-hybridized carbons (Fsp3) is 0.545. The molecule has 0 aliphatic carbocycles. The summed E-state index contributed by atoms with van der Waals surface area (Å²) in [6.07, 6.45) is 3.35. The minimum atomic E-state index is -0.874. The van der Waals surface area contributed by atoms with Crippen molar-refractivity contribution in [2.24, 2.45) is 0 Å². The number of pyridine rings is 1. The first-order chi connectivity index (χ1) is 8.35. The van der Waals surface area contributed by atoms with Gasteiger partial charge in [-0.05, 0) is 20.1 Å². The van der Waals surface area contributed by atoms with E-state index in [1.54, 1.807) is 13.8 Å². The van der Waals surface area contributed by atoms with Crippen molar-refractivity contribution in [3.05, 3.63) is 27.9 Å². The number of nitrogens with one attached hydrogen (secondary N) is 1. The zero-order valence-corrected chi connectivity index (χ0v) is 11.5. The van der Waals surface area contributed by atoms with Gasteiger partial charge in [-0.3, -0.25) is 10.1 Å². The number of aryl methyl sites for hydroxylation is 1. The van der Waals surface area contributed by atoms with Gasteiger partial charge in [0.05, 0.1) is 16.6 Å². The summed E-state index contributed by atoms with van der Waals surface area (Å²) >= 11 is 1.54. The van der Waals surface area contributed by atoms with Gasteiger partial charge in [-0.1, -0.05) is 0 Å². The van der Waals surface area contributed by atoms with E-state index in [9.17, 15) is 15.2 Å². The van der Waals surface area contributed by atoms with Crippen molar-refractivity contribution in [3.8, 4) is 0 Å². The van der Waals surface area contributed by atoms with Crippen molar-refractivity contribution >= 4 is 23.3 Å². The topological polar surface area (TPSA) is 88.3 Å². The van der Waals surface area contributed by atoms with Crippen LogP contribution in [0.5, 0.6) is 0 Å². The number of hydrogen-bond acceptors (Lipinski definition) is 6. The molecule has 18 heavy (non-hydrogen) atoms. The summed E-state index contributed by atoms with van der Waals surface area (Å²) in [7, 11) is 0. The van der Waals surface area contributed by atoms with Gasteiger partial charge in [0.2, 0.25) is 0 Å². The lowest BCUT2D eigenvalue weighted by molar-refractivity contribution is -0.385. The normalized spacial score (nSPS) is 14.0. The van der Waals surface area contributed by atoms with E-state index in [0.717, 1.165) is 0 Å². The van der Waals surface area contributed by atoms with Crippen LogP contribution in [0.2, 0.25) is 0 Å². The van der Waals surface area contributed by atoms with E-state index in [0.29, 0.717) is 23.7 Å². The van der Waals surface area contributed by atoms with Crippen LogP contribution in [0.3, 0.4) is 0 Å². The van der Waals surface area contributed by atoms with Crippen molar-refractivity contribution in [3.63, 3.8) is 0 Å². The summed E-state index contributed by atoms with van der Waals surface area (Å²) in [6.45, 7) is 3.64. The molecule has 0 aromatic carbocycles. The highest BCUT2D eigenvalue weighted by molar-refractivity contribution is 7.98. The lowest BCUT2D eigenvalue weighted by Gasteiger charge is -2.22. The lowest BCUT2D eigenvalue weighted by atomic mass is 10.1. The molecule has 1 aromatic heterocycles. The monoisotopic (exact) mass is 271 g/mol. The molecule has 1 heterocycles. The van der Waals surface area contributed by atoms with Crippen LogP contribution in [0.4, 0.5) is 11.5 Å². The van der Waals surface area contributed by atoms with Gasteiger partial charge in [0, 0.05) is 24.1 Å². The molecule has 0 bridgehead atoms. The lowest BCUT2D eigenvalue weighted by Crippen LogP contribution is -2.36. The molecule has 0 amide bonds. The predicted octanol–water partition coefficient (Wildman–Crippen LogP) is 1.82. The summed E-state index contributed by atoms with van der Waals surface area (Å²) in [5, 5.41) is 23.7. The van der Waals surface area contributed by atoms with E-state index < -0.39 is 10.5 Å². The fourth-order valence-electron chi connectivity index (χ4n) is 1.45. The minimum Gasteiger partial charge on any atom is -0.387 e. The van der Waals surface area contributed by atoms with Crippen LogP contribution in [0.1, 0.15) is 12.5 Å². The Hall–Kier alpha value is -1.34. The molecular formula is C11H17N3O3S. The Morgan fingerprint density at radius 2 is 2.33 bits per heavy atom. The number of thioether (sulfide) groups is 1. The maximum Gasteiger partial charge on any atom is 0.277 e. The Kier molecular flexibility index (Phi) is 4.92. The van der Waals surface area contributed by atoms with Crippen LogP contribution in [0.25, 0.3) is 0 Å². The van der Waals surface area contributed by atoms with Crippen LogP contribution in [0, 0.1) is 17.0 Å². The molecule has 2 N–H and O–H groups in total. The molecule has 0 saturated carbocycles. The number of hydrogen-bond donors (Lipinski definition) is 2. The van der Waals surface area contributed by atoms with Crippen molar-refractivity contribution in [1.29, 1.82) is 0 Å². The molecule has 0 aliphatic heterocycles. The average molecular weight is 271 g/mol. The second-order valence-electron chi connectivity index (χ2n) is 4.40. The Bertz CT molecular complexity index is 438.